The number of carbonyl (C=O) groups excluding carboxylic acids is 1. The van der Waals surface area contributed by atoms with Gasteiger partial charge in [0.2, 0.25) is 0 Å². The van der Waals surface area contributed by atoms with Crippen molar-refractivity contribution in [3.8, 4) is 0 Å². The van der Waals surface area contributed by atoms with Crippen LogP contribution in [0.1, 0.15) is 34.4 Å². The SMILES string of the molecule is CCc1nn(C)cc1NC(=O)c1c(C)n[nH]c1C. The molecular formula is C12H17N5O. The van der Waals surface area contributed by atoms with Gasteiger partial charge in [0.05, 0.1) is 22.6 Å². The number of aromatic nitrogens is 4. The molecule has 0 spiro atoms. The van der Waals surface area contributed by atoms with Crippen LogP contribution < -0.4 is 5.32 Å². The Bertz CT molecular complexity index is 562. The molecule has 0 atom stereocenters. The van der Waals surface area contributed by atoms with Gasteiger partial charge < -0.3 is 5.32 Å². The maximum atomic E-state index is 12.2. The van der Waals surface area contributed by atoms with Crippen LogP contribution in [0.4, 0.5) is 5.69 Å². The van der Waals surface area contributed by atoms with Crippen molar-refractivity contribution in [1.82, 2.24) is 20.0 Å². The minimum Gasteiger partial charge on any atom is -0.319 e. The summed E-state index contributed by atoms with van der Waals surface area (Å²) in [5.74, 6) is -0.151. The summed E-state index contributed by atoms with van der Waals surface area (Å²) < 4.78 is 1.70. The van der Waals surface area contributed by atoms with E-state index in [4.69, 9.17) is 0 Å². The quantitative estimate of drug-likeness (QED) is 0.864. The third-order valence-corrected chi connectivity index (χ3v) is 2.84. The summed E-state index contributed by atoms with van der Waals surface area (Å²) in [4.78, 5) is 12.2. The fraction of sp³-hybridized carbons (Fsp3) is 0.417. The van der Waals surface area contributed by atoms with Gasteiger partial charge in [-0.3, -0.25) is 14.6 Å². The average Bonchev–Trinajstić information content (AvgIpc) is 2.82. The van der Waals surface area contributed by atoms with Crippen LogP contribution >= 0.6 is 0 Å². The molecule has 0 saturated carbocycles. The first kappa shape index (κ1) is 12.3. The lowest BCUT2D eigenvalue weighted by molar-refractivity contribution is 0.102. The van der Waals surface area contributed by atoms with E-state index in [1.54, 1.807) is 4.68 Å². The number of hydrogen-bond donors (Lipinski definition) is 2. The maximum absolute atomic E-state index is 12.2. The molecule has 0 bridgehead atoms. The predicted octanol–water partition coefficient (Wildman–Crippen LogP) is 1.57. The van der Waals surface area contributed by atoms with Gasteiger partial charge in [0, 0.05) is 18.9 Å². The second-order valence-electron chi connectivity index (χ2n) is 4.28. The minimum absolute atomic E-state index is 0.151. The first-order valence-electron chi connectivity index (χ1n) is 5.88. The lowest BCUT2D eigenvalue weighted by Crippen LogP contribution is -2.14. The number of carbonyl (C=O) groups is 1. The second kappa shape index (κ2) is 4.64. The number of aromatic amines is 1. The fourth-order valence-electron chi connectivity index (χ4n) is 1.97. The van der Waals surface area contributed by atoms with Gasteiger partial charge in [-0.25, -0.2) is 0 Å². The second-order valence-corrected chi connectivity index (χ2v) is 4.28. The molecule has 0 fully saturated rings. The molecule has 2 aromatic rings. The first-order valence-corrected chi connectivity index (χ1v) is 5.88. The fourth-order valence-corrected chi connectivity index (χ4v) is 1.97. The predicted molar refractivity (Wildman–Crippen MR) is 68.6 cm³/mol. The van der Waals surface area contributed by atoms with Crippen LogP contribution in [0.3, 0.4) is 0 Å². The standard InChI is InChI=1S/C12H17N5O/c1-5-9-10(6-17(4)16-9)13-12(18)11-7(2)14-15-8(11)3/h6H,5H2,1-4H3,(H,13,18)(H,14,15). The Morgan fingerprint density at radius 3 is 2.78 bits per heavy atom. The molecule has 6 heteroatoms. The van der Waals surface area contributed by atoms with Crippen LogP contribution in [0.2, 0.25) is 0 Å². The highest BCUT2D eigenvalue weighted by Crippen LogP contribution is 2.17. The largest absolute Gasteiger partial charge is 0.319 e. The van der Waals surface area contributed by atoms with E-state index in [9.17, 15) is 4.79 Å². The Kier molecular flexibility index (Phi) is 3.18. The molecular weight excluding hydrogens is 230 g/mol. The van der Waals surface area contributed by atoms with E-state index in [2.05, 4.69) is 20.6 Å². The number of nitrogens with one attached hydrogen (secondary N) is 2. The van der Waals surface area contributed by atoms with E-state index in [-0.39, 0.29) is 5.91 Å². The van der Waals surface area contributed by atoms with Crippen LogP contribution in [0.5, 0.6) is 0 Å². The first-order chi connectivity index (χ1) is 8.52. The summed E-state index contributed by atoms with van der Waals surface area (Å²) >= 11 is 0. The van der Waals surface area contributed by atoms with E-state index in [0.717, 1.165) is 23.5 Å². The Morgan fingerprint density at radius 1 is 1.50 bits per heavy atom. The number of rotatable bonds is 3. The van der Waals surface area contributed by atoms with Gasteiger partial charge >= 0.3 is 0 Å². The zero-order valence-electron chi connectivity index (χ0n) is 11.0. The maximum Gasteiger partial charge on any atom is 0.259 e. The Morgan fingerprint density at radius 2 is 2.22 bits per heavy atom. The van der Waals surface area contributed by atoms with Gasteiger partial charge in [-0.05, 0) is 20.3 Å². The monoisotopic (exact) mass is 247 g/mol. The van der Waals surface area contributed by atoms with Gasteiger partial charge in [-0.2, -0.15) is 10.2 Å². The summed E-state index contributed by atoms with van der Waals surface area (Å²) in [5.41, 5.74) is 3.70. The summed E-state index contributed by atoms with van der Waals surface area (Å²) in [7, 11) is 1.84. The number of anilines is 1. The molecule has 0 aliphatic heterocycles. The molecule has 2 rings (SSSR count). The molecule has 2 heterocycles. The highest BCUT2D eigenvalue weighted by Gasteiger charge is 2.17. The number of amides is 1. The molecule has 0 aliphatic rings. The Balaban J connectivity index is 2.26. The molecule has 96 valence electrons. The summed E-state index contributed by atoms with van der Waals surface area (Å²) in [6.07, 6.45) is 2.58. The van der Waals surface area contributed by atoms with Crippen molar-refractivity contribution in [2.24, 2.45) is 7.05 Å². The zero-order chi connectivity index (χ0) is 13.3. The topological polar surface area (TPSA) is 75.6 Å². The number of aryl methyl sites for hydroxylation is 4. The van der Waals surface area contributed by atoms with Crippen LogP contribution in [0.15, 0.2) is 6.20 Å². The van der Waals surface area contributed by atoms with Gasteiger partial charge in [0.25, 0.3) is 5.91 Å². The number of H-pyrrole nitrogens is 1. The van der Waals surface area contributed by atoms with Gasteiger partial charge in [0.15, 0.2) is 0 Å². The van der Waals surface area contributed by atoms with Crippen molar-refractivity contribution >= 4 is 11.6 Å². The molecule has 0 saturated heterocycles. The van der Waals surface area contributed by atoms with Crippen molar-refractivity contribution < 1.29 is 4.79 Å². The van der Waals surface area contributed by atoms with Crippen molar-refractivity contribution in [2.45, 2.75) is 27.2 Å². The molecule has 2 aromatic heterocycles. The summed E-state index contributed by atoms with van der Waals surface area (Å²) in [6, 6.07) is 0. The molecule has 6 nitrogen and oxygen atoms in total. The number of nitrogens with zero attached hydrogens (tertiary/aromatic N) is 3. The van der Waals surface area contributed by atoms with E-state index in [0.29, 0.717) is 11.3 Å². The van der Waals surface area contributed by atoms with E-state index in [1.807, 2.05) is 34.0 Å². The lowest BCUT2D eigenvalue weighted by Gasteiger charge is -2.04. The van der Waals surface area contributed by atoms with Crippen molar-refractivity contribution in [1.29, 1.82) is 0 Å². The van der Waals surface area contributed by atoms with Crippen molar-refractivity contribution in [3.63, 3.8) is 0 Å². The van der Waals surface area contributed by atoms with Crippen molar-refractivity contribution in [3.05, 3.63) is 28.8 Å². The molecule has 0 radical (unpaired) electrons. The smallest absolute Gasteiger partial charge is 0.259 e. The van der Waals surface area contributed by atoms with Gasteiger partial charge in [0.1, 0.15) is 0 Å². The third-order valence-electron chi connectivity index (χ3n) is 2.84. The lowest BCUT2D eigenvalue weighted by atomic mass is 10.2. The minimum atomic E-state index is -0.151. The van der Waals surface area contributed by atoms with Crippen molar-refractivity contribution in [2.75, 3.05) is 5.32 Å². The molecule has 0 aliphatic carbocycles. The number of hydrogen-bond acceptors (Lipinski definition) is 3. The molecule has 0 unspecified atom stereocenters. The van der Waals surface area contributed by atoms with E-state index in [1.165, 1.54) is 0 Å². The molecule has 18 heavy (non-hydrogen) atoms. The molecule has 2 N–H and O–H groups in total. The average molecular weight is 247 g/mol. The Labute approximate surface area is 105 Å². The van der Waals surface area contributed by atoms with E-state index < -0.39 is 0 Å². The van der Waals surface area contributed by atoms with Gasteiger partial charge in [-0.1, -0.05) is 6.92 Å². The van der Waals surface area contributed by atoms with Gasteiger partial charge in [-0.15, -0.1) is 0 Å². The highest BCUT2D eigenvalue weighted by molar-refractivity contribution is 6.06. The molecule has 0 aromatic carbocycles. The summed E-state index contributed by atoms with van der Waals surface area (Å²) in [6.45, 7) is 5.65. The van der Waals surface area contributed by atoms with E-state index >= 15 is 0 Å². The van der Waals surface area contributed by atoms with Crippen LogP contribution in [0.25, 0.3) is 0 Å². The summed E-state index contributed by atoms with van der Waals surface area (Å²) in [5, 5.41) is 14.0. The van der Waals surface area contributed by atoms with Crippen LogP contribution in [-0.2, 0) is 13.5 Å². The van der Waals surface area contributed by atoms with Crippen LogP contribution in [0, 0.1) is 13.8 Å². The Hall–Kier alpha value is -2.11. The normalized spacial score (nSPS) is 10.7. The molecule has 1 amide bonds. The highest BCUT2D eigenvalue weighted by atomic mass is 16.1. The van der Waals surface area contributed by atoms with Crippen LogP contribution in [-0.4, -0.2) is 25.9 Å². The third kappa shape index (κ3) is 2.13. The zero-order valence-corrected chi connectivity index (χ0v) is 11.0.